The Labute approximate surface area is 162 Å². The van der Waals surface area contributed by atoms with Gasteiger partial charge in [-0.15, -0.1) is 0 Å². The Kier molecular flexibility index (Phi) is 4.26. The molecular weight excluding hydrogens is 386 g/mol. The molecule has 0 aliphatic carbocycles. The van der Waals surface area contributed by atoms with Crippen LogP contribution in [-0.2, 0) is 9.59 Å². The van der Waals surface area contributed by atoms with Crippen molar-refractivity contribution in [2.45, 2.75) is 12.1 Å². The van der Waals surface area contributed by atoms with Crippen molar-refractivity contribution in [2.24, 2.45) is 5.41 Å². The number of amides is 6. The second-order valence-corrected chi connectivity index (χ2v) is 6.63. The zero-order valence-corrected chi connectivity index (χ0v) is 14.7. The van der Waals surface area contributed by atoms with Gasteiger partial charge < -0.3 is 10.6 Å². The van der Waals surface area contributed by atoms with E-state index in [0.29, 0.717) is 0 Å². The summed E-state index contributed by atoms with van der Waals surface area (Å²) in [6.07, 6.45) is 0. The van der Waals surface area contributed by atoms with Crippen LogP contribution in [0, 0.1) is 17.0 Å². The number of hydrogen-bond acceptors (Lipinski definition) is 4. The molecule has 8 nitrogen and oxygen atoms in total. The van der Waals surface area contributed by atoms with E-state index in [-0.39, 0.29) is 11.1 Å². The van der Waals surface area contributed by atoms with Gasteiger partial charge in [0.1, 0.15) is 11.6 Å². The first-order valence-electron chi connectivity index (χ1n) is 8.58. The van der Waals surface area contributed by atoms with Crippen molar-refractivity contribution in [3.05, 3.63) is 71.3 Å². The van der Waals surface area contributed by atoms with Crippen LogP contribution < -0.4 is 21.3 Å². The normalized spacial score (nSPS) is 23.1. The van der Waals surface area contributed by atoms with Crippen LogP contribution in [0.4, 0.5) is 18.4 Å². The molecule has 29 heavy (non-hydrogen) atoms. The number of halogens is 2. The molecule has 2 atom stereocenters. The lowest BCUT2D eigenvalue weighted by atomic mass is 9.65. The third kappa shape index (κ3) is 2.72. The first-order chi connectivity index (χ1) is 13.9. The maximum absolute atomic E-state index is 14.6. The Morgan fingerprint density at radius 2 is 1.07 bits per heavy atom. The summed E-state index contributed by atoms with van der Waals surface area (Å²) in [6, 6.07) is 5.55. The molecule has 2 heterocycles. The highest BCUT2D eigenvalue weighted by Crippen LogP contribution is 2.49. The van der Waals surface area contributed by atoms with Crippen LogP contribution in [0.15, 0.2) is 48.5 Å². The summed E-state index contributed by atoms with van der Waals surface area (Å²) in [4.78, 5) is 50.2. The summed E-state index contributed by atoms with van der Waals surface area (Å²) in [6.45, 7) is 0. The molecular formula is C19H14F2N4O4. The van der Waals surface area contributed by atoms with Crippen molar-refractivity contribution in [1.82, 2.24) is 21.3 Å². The summed E-state index contributed by atoms with van der Waals surface area (Å²) in [5.41, 5.74) is -2.61. The minimum Gasteiger partial charge on any atom is -0.329 e. The van der Waals surface area contributed by atoms with Crippen LogP contribution in [0.3, 0.4) is 0 Å². The average molecular weight is 400 g/mol. The van der Waals surface area contributed by atoms with Gasteiger partial charge in [-0.2, -0.15) is 0 Å². The number of nitrogens with one attached hydrogen (secondary N) is 4. The highest BCUT2D eigenvalue weighted by atomic mass is 19.1. The molecule has 10 heteroatoms. The zero-order valence-electron chi connectivity index (χ0n) is 14.7. The monoisotopic (exact) mass is 400 g/mol. The molecule has 2 saturated heterocycles. The molecule has 4 N–H and O–H groups in total. The molecule has 4 rings (SSSR count). The van der Waals surface area contributed by atoms with E-state index >= 15 is 0 Å². The summed E-state index contributed by atoms with van der Waals surface area (Å²) < 4.78 is 29.2. The molecule has 2 aliphatic rings. The fraction of sp³-hybridized carbons (Fsp3) is 0.158. The summed E-state index contributed by atoms with van der Waals surface area (Å²) in [7, 11) is 0. The standard InChI is InChI=1S/C19H14F2N4O4/c20-11-7-3-1-5-9(11)13-19(15(26)24-18(29)25-16(19)27)14(23-17(28)22-13)10-6-2-4-8-12(10)21/h1-8,13-14H,(H2,22,23,28)(H2,24,25,26,27,29)/t13-,14-/m1/s1. The predicted octanol–water partition coefficient (Wildman–Crippen LogP) is 1.41. The van der Waals surface area contributed by atoms with Crippen molar-refractivity contribution in [1.29, 1.82) is 0 Å². The van der Waals surface area contributed by atoms with Crippen molar-refractivity contribution >= 4 is 23.9 Å². The first-order valence-corrected chi connectivity index (χ1v) is 8.58. The molecule has 148 valence electrons. The molecule has 0 radical (unpaired) electrons. The molecule has 2 aromatic carbocycles. The Hall–Kier alpha value is -3.82. The van der Waals surface area contributed by atoms with Crippen molar-refractivity contribution < 1.29 is 28.0 Å². The van der Waals surface area contributed by atoms with E-state index in [1.165, 1.54) is 36.4 Å². The summed E-state index contributed by atoms with van der Waals surface area (Å²) >= 11 is 0. The van der Waals surface area contributed by atoms with Gasteiger partial charge in [-0.1, -0.05) is 36.4 Å². The molecule has 0 saturated carbocycles. The lowest BCUT2D eigenvalue weighted by Gasteiger charge is -2.48. The van der Waals surface area contributed by atoms with Gasteiger partial charge in [-0.25, -0.2) is 18.4 Å². The van der Waals surface area contributed by atoms with Crippen LogP contribution in [-0.4, -0.2) is 23.9 Å². The van der Waals surface area contributed by atoms with Gasteiger partial charge in [-0.05, 0) is 12.1 Å². The van der Waals surface area contributed by atoms with E-state index in [1.807, 2.05) is 10.6 Å². The fourth-order valence-corrected chi connectivity index (χ4v) is 3.83. The second-order valence-electron chi connectivity index (χ2n) is 6.63. The van der Waals surface area contributed by atoms with Gasteiger partial charge in [0, 0.05) is 11.1 Å². The Morgan fingerprint density at radius 3 is 1.48 bits per heavy atom. The predicted molar refractivity (Wildman–Crippen MR) is 94.1 cm³/mol. The SMILES string of the molecule is O=C1NC(=O)C2(C(=O)N1)[C@@H](c1ccccc1F)NC(=O)N[C@@H]2c1ccccc1F. The number of carbonyl (C=O) groups excluding carboxylic acids is 4. The van der Waals surface area contributed by atoms with E-state index in [0.717, 1.165) is 12.1 Å². The number of hydrogen-bond donors (Lipinski definition) is 4. The summed E-state index contributed by atoms with van der Waals surface area (Å²) in [5, 5.41) is 8.72. The summed E-state index contributed by atoms with van der Waals surface area (Å²) in [5.74, 6) is -3.77. The van der Waals surface area contributed by atoms with Gasteiger partial charge in [0.15, 0.2) is 5.41 Å². The molecule has 2 fully saturated rings. The largest absolute Gasteiger partial charge is 0.329 e. The Balaban J connectivity index is 2.00. The number of carbonyl (C=O) groups is 4. The number of urea groups is 2. The van der Waals surface area contributed by atoms with Crippen LogP contribution in [0.2, 0.25) is 0 Å². The van der Waals surface area contributed by atoms with E-state index in [1.54, 1.807) is 0 Å². The Morgan fingerprint density at radius 1 is 0.655 bits per heavy atom. The van der Waals surface area contributed by atoms with Crippen LogP contribution in [0.1, 0.15) is 23.2 Å². The van der Waals surface area contributed by atoms with E-state index in [4.69, 9.17) is 0 Å². The third-order valence-electron chi connectivity index (χ3n) is 5.10. The van der Waals surface area contributed by atoms with Gasteiger partial charge in [-0.3, -0.25) is 20.2 Å². The van der Waals surface area contributed by atoms with Crippen LogP contribution >= 0.6 is 0 Å². The fourth-order valence-electron chi connectivity index (χ4n) is 3.83. The molecule has 0 unspecified atom stereocenters. The molecule has 0 aromatic heterocycles. The molecule has 2 aromatic rings. The molecule has 2 aliphatic heterocycles. The van der Waals surface area contributed by atoms with Gasteiger partial charge >= 0.3 is 12.1 Å². The minimum atomic E-state index is -2.29. The third-order valence-corrected chi connectivity index (χ3v) is 5.10. The van der Waals surface area contributed by atoms with E-state index in [9.17, 15) is 28.0 Å². The number of barbiturate groups is 1. The zero-order chi connectivity index (χ0) is 20.8. The average Bonchev–Trinajstić information content (AvgIpc) is 2.67. The highest BCUT2D eigenvalue weighted by molar-refractivity contribution is 6.21. The maximum atomic E-state index is 14.6. The molecule has 1 spiro atoms. The van der Waals surface area contributed by atoms with Gasteiger partial charge in [0.25, 0.3) is 0 Å². The lowest BCUT2D eigenvalue weighted by Crippen LogP contribution is -2.73. The van der Waals surface area contributed by atoms with Gasteiger partial charge in [0.05, 0.1) is 12.1 Å². The van der Waals surface area contributed by atoms with E-state index in [2.05, 4.69) is 10.6 Å². The highest BCUT2D eigenvalue weighted by Gasteiger charge is 2.65. The van der Waals surface area contributed by atoms with Crippen LogP contribution in [0.5, 0.6) is 0 Å². The van der Waals surface area contributed by atoms with Crippen molar-refractivity contribution in [2.75, 3.05) is 0 Å². The number of imide groups is 2. The van der Waals surface area contributed by atoms with Crippen molar-refractivity contribution in [3.63, 3.8) is 0 Å². The minimum absolute atomic E-state index is 0.164. The topological polar surface area (TPSA) is 116 Å². The number of rotatable bonds is 2. The van der Waals surface area contributed by atoms with Crippen molar-refractivity contribution in [3.8, 4) is 0 Å². The lowest BCUT2D eigenvalue weighted by molar-refractivity contribution is -0.150. The molecule has 6 amide bonds. The quantitative estimate of drug-likeness (QED) is 0.571. The number of benzene rings is 2. The van der Waals surface area contributed by atoms with Crippen LogP contribution in [0.25, 0.3) is 0 Å². The Bertz CT molecular complexity index is 979. The second kappa shape index (κ2) is 6.66. The smallest absolute Gasteiger partial charge is 0.328 e. The first kappa shape index (κ1) is 18.5. The van der Waals surface area contributed by atoms with Gasteiger partial charge in [0.2, 0.25) is 11.8 Å². The van der Waals surface area contributed by atoms with E-state index < -0.39 is 53.0 Å². The molecule has 0 bridgehead atoms. The maximum Gasteiger partial charge on any atom is 0.328 e.